The number of aromatic nitrogens is 1. The number of carbonyl (C=O) groups is 2. The molecule has 0 fully saturated rings. The Labute approximate surface area is 157 Å². The topological polar surface area (TPSA) is 85.2 Å². The molecule has 0 radical (unpaired) electrons. The van der Waals surface area contributed by atoms with Gasteiger partial charge in [0.1, 0.15) is 12.2 Å². The second kappa shape index (κ2) is 8.05. The first kappa shape index (κ1) is 18.7. The van der Waals surface area contributed by atoms with Gasteiger partial charge in [-0.1, -0.05) is 18.2 Å². The van der Waals surface area contributed by atoms with Gasteiger partial charge in [-0.3, -0.25) is 4.79 Å². The molecule has 2 aromatic rings. The van der Waals surface area contributed by atoms with Crippen molar-refractivity contribution in [1.29, 1.82) is 0 Å². The number of benzene rings is 1. The Morgan fingerprint density at radius 1 is 1.33 bits per heavy atom. The molecule has 1 amide bonds. The summed E-state index contributed by atoms with van der Waals surface area (Å²) in [5.74, 6) is -0.170. The van der Waals surface area contributed by atoms with Crippen molar-refractivity contribution in [3.05, 3.63) is 41.6 Å². The molecule has 8 heteroatoms. The number of hydrogen-bond acceptors (Lipinski definition) is 6. The molecule has 0 unspecified atom stereocenters. The van der Waals surface area contributed by atoms with Crippen LogP contribution in [0.1, 0.15) is 12.6 Å². The number of likely N-dealkylation sites (N-methyl/N-ethyl adjacent to an activating group) is 1. The molecule has 8 nitrogen and oxygen atoms in total. The number of ether oxygens (including phenoxy) is 2. The summed E-state index contributed by atoms with van der Waals surface area (Å²) in [7, 11) is 3.81. The van der Waals surface area contributed by atoms with Gasteiger partial charge in [-0.05, 0) is 39.2 Å². The number of hydrazone groups is 1. The van der Waals surface area contributed by atoms with Gasteiger partial charge in [0, 0.05) is 11.9 Å². The zero-order valence-electron chi connectivity index (χ0n) is 15.6. The Balaban J connectivity index is 2.00. The maximum absolute atomic E-state index is 12.7. The average molecular weight is 370 g/mol. The predicted octanol–water partition coefficient (Wildman–Crippen LogP) is 2.05. The van der Waals surface area contributed by atoms with Crippen LogP contribution in [-0.2, 0) is 14.3 Å². The van der Waals surface area contributed by atoms with E-state index >= 15 is 0 Å². The Kier molecular flexibility index (Phi) is 5.56. The summed E-state index contributed by atoms with van der Waals surface area (Å²) in [6.07, 6.45) is 1.09. The van der Waals surface area contributed by atoms with Gasteiger partial charge in [-0.2, -0.15) is 0 Å². The van der Waals surface area contributed by atoms with Gasteiger partial charge in [-0.15, -0.1) is 5.10 Å². The van der Waals surface area contributed by atoms with E-state index in [1.54, 1.807) is 6.08 Å². The molecule has 0 atom stereocenters. The Morgan fingerprint density at radius 2 is 2.11 bits per heavy atom. The third-order valence-electron chi connectivity index (χ3n) is 3.99. The number of rotatable bonds is 5. The highest BCUT2D eigenvalue weighted by atomic mass is 16.5. The van der Waals surface area contributed by atoms with Gasteiger partial charge in [0.05, 0.1) is 17.8 Å². The lowest BCUT2D eigenvalue weighted by atomic mass is 10.2. The molecule has 2 heterocycles. The molecule has 0 aliphatic carbocycles. The third-order valence-corrected chi connectivity index (χ3v) is 3.99. The summed E-state index contributed by atoms with van der Waals surface area (Å²) in [4.78, 5) is 26.7. The van der Waals surface area contributed by atoms with Crippen molar-refractivity contribution in [2.45, 2.75) is 6.92 Å². The summed E-state index contributed by atoms with van der Waals surface area (Å²) in [5, 5.41) is 4.74. The molecule has 0 saturated heterocycles. The Bertz CT molecular complexity index is 927. The van der Waals surface area contributed by atoms with Crippen LogP contribution in [0.5, 0.6) is 0 Å². The summed E-state index contributed by atoms with van der Waals surface area (Å²) < 4.78 is 12.2. The molecule has 27 heavy (non-hydrogen) atoms. The van der Waals surface area contributed by atoms with Crippen LogP contribution in [-0.4, -0.2) is 61.2 Å². The van der Waals surface area contributed by atoms with Gasteiger partial charge in [0.2, 0.25) is 5.90 Å². The summed E-state index contributed by atoms with van der Waals surface area (Å²) in [6, 6.07) is 9.28. The molecule has 142 valence electrons. The van der Waals surface area contributed by atoms with Crippen molar-refractivity contribution >= 4 is 34.9 Å². The quantitative estimate of drug-likeness (QED) is 0.815. The number of nitrogens with one attached hydrogen (secondary N) is 1. The molecule has 0 saturated carbocycles. The molecule has 0 spiro atoms. The molecular formula is C19H22N4O4. The Hall–Kier alpha value is -3.13. The van der Waals surface area contributed by atoms with Gasteiger partial charge in [-0.25, -0.2) is 14.8 Å². The highest BCUT2D eigenvalue weighted by Crippen LogP contribution is 2.23. The van der Waals surface area contributed by atoms with E-state index in [9.17, 15) is 9.59 Å². The zero-order chi connectivity index (χ0) is 19.4. The monoisotopic (exact) mass is 370 g/mol. The second-order valence-corrected chi connectivity index (χ2v) is 6.23. The van der Waals surface area contributed by atoms with E-state index in [-0.39, 0.29) is 24.0 Å². The lowest BCUT2D eigenvalue weighted by molar-refractivity contribution is -0.116. The largest absolute Gasteiger partial charge is 0.476 e. The smallest absolute Gasteiger partial charge is 0.419 e. The fourth-order valence-electron chi connectivity index (χ4n) is 2.71. The number of amides is 1. The first-order valence-electron chi connectivity index (χ1n) is 8.66. The van der Waals surface area contributed by atoms with Gasteiger partial charge in [0.25, 0.3) is 5.91 Å². The van der Waals surface area contributed by atoms with Crippen LogP contribution in [0.3, 0.4) is 0 Å². The molecule has 1 aromatic carbocycles. The van der Waals surface area contributed by atoms with Crippen LogP contribution < -0.4 is 5.43 Å². The van der Waals surface area contributed by atoms with E-state index in [1.165, 1.54) is 4.57 Å². The summed E-state index contributed by atoms with van der Waals surface area (Å²) in [6.45, 7) is 3.06. The van der Waals surface area contributed by atoms with E-state index in [2.05, 4.69) is 10.5 Å². The summed E-state index contributed by atoms with van der Waals surface area (Å²) >= 11 is 0. The van der Waals surface area contributed by atoms with E-state index in [0.29, 0.717) is 24.4 Å². The van der Waals surface area contributed by atoms with Crippen molar-refractivity contribution in [3.63, 3.8) is 0 Å². The summed E-state index contributed by atoms with van der Waals surface area (Å²) in [5.41, 5.74) is 3.86. The minimum atomic E-state index is -0.502. The normalized spacial score (nSPS) is 15.3. The number of hydrogen-bond donors (Lipinski definition) is 1. The van der Waals surface area contributed by atoms with Gasteiger partial charge >= 0.3 is 6.09 Å². The second-order valence-electron chi connectivity index (χ2n) is 6.23. The SMILES string of the molecule is CCOC1=NNC(=O)/C1=C\c1cc2ccccc2n1C(=O)OCCN(C)C. The molecule has 1 aliphatic heterocycles. The first-order valence-corrected chi connectivity index (χ1v) is 8.66. The number of nitrogens with zero attached hydrogens (tertiary/aromatic N) is 3. The minimum Gasteiger partial charge on any atom is -0.476 e. The molecular weight excluding hydrogens is 348 g/mol. The fraction of sp³-hybridized carbons (Fsp3) is 0.316. The molecule has 1 aliphatic rings. The van der Waals surface area contributed by atoms with E-state index in [0.717, 1.165) is 5.39 Å². The van der Waals surface area contributed by atoms with E-state index in [4.69, 9.17) is 9.47 Å². The van der Waals surface area contributed by atoms with Gasteiger partial charge < -0.3 is 14.4 Å². The minimum absolute atomic E-state index is 0.209. The van der Waals surface area contributed by atoms with Crippen molar-refractivity contribution in [3.8, 4) is 0 Å². The molecule has 3 rings (SSSR count). The van der Waals surface area contributed by atoms with Gasteiger partial charge in [0.15, 0.2) is 0 Å². The highest BCUT2D eigenvalue weighted by Gasteiger charge is 2.25. The lowest BCUT2D eigenvalue weighted by Gasteiger charge is -2.12. The van der Waals surface area contributed by atoms with Crippen LogP contribution in [0, 0.1) is 0 Å². The number of fused-ring (bicyclic) bond motifs is 1. The van der Waals surface area contributed by atoms with Crippen LogP contribution in [0.15, 0.2) is 41.0 Å². The van der Waals surface area contributed by atoms with Crippen molar-refractivity contribution < 1.29 is 19.1 Å². The fourth-order valence-corrected chi connectivity index (χ4v) is 2.71. The van der Waals surface area contributed by atoms with Crippen LogP contribution in [0.25, 0.3) is 17.0 Å². The zero-order valence-corrected chi connectivity index (χ0v) is 15.6. The molecule has 1 N–H and O–H groups in total. The standard InChI is InChI=1S/C19H22N4O4/c1-4-26-18-15(17(24)20-21-18)12-14-11-13-7-5-6-8-16(13)23(14)19(25)27-10-9-22(2)3/h5-8,11-12H,4,9-10H2,1-3H3,(H,20,24)/b15-12+. The number of para-hydroxylation sites is 1. The molecule has 1 aromatic heterocycles. The average Bonchev–Trinajstić information content (AvgIpc) is 3.16. The van der Waals surface area contributed by atoms with Crippen LogP contribution in [0.4, 0.5) is 4.79 Å². The maximum atomic E-state index is 12.7. The maximum Gasteiger partial charge on any atom is 0.419 e. The lowest BCUT2D eigenvalue weighted by Crippen LogP contribution is -2.23. The number of carbonyl (C=O) groups excluding carboxylic acids is 2. The van der Waals surface area contributed by atoms with E-state index in [1.807, 2.05) is 56.3 Å². The van der Waals surface area contributed by atoms with Crippen molar-refractivity contribution in [2.24, 2.45) is 5.10 Å². The third kappa shape index (κ3) is 4.01. The van der Waals surface area contributed by atoms with Crippen molar-refractivity contribution in [1.82, 2.24) is 14.9 Å². The van der Waals surface area contributed by atoms with Crippen molar-refractivity contribution in [2.75, 3.05) is 33.9 Å². The predicted molar refractivity (Wildman–Crippen MR) is 102 cm³/mol. The van der Waals surface area contributed by atoms with E-state index < -0.39 is 6.09 Å². The Morgan fingerprint density at radius 3 is 2.85 bits per heavy atom. The van der Waals surface area contributed by atoms with Crippen LogP contribution in [0.2, 0.25) is 0 Å². The molecule has 0 bridgehead atoms. The van der Waals surface area contributed by atoms with Crippen LogP contribution >= 0.6 is 0 Å². The highest BCUT2D eigenvalue weighted by molar-refractivity contribution is 6.24. The first-order chi connectivity index (χ1) is 13.0.